The summed E-state index contributed by atoms with van der Waals surface area (Å²) in [4.78, 5) is 57.0. The van der Waals surface area contributed by atoms with Crippen LogP contribution < -0.4 is 10.6 Å². The smallest absolute Gasteiger partial charge is 0.302 e. The average molecular weight is 1040 g/mol. The molecule has 0 aliphatic heterocycles. The van der Waals surface area contributed by atoms with Crippen LogP contribution in [0.3, 0.4) is 0 Å². The largest absolute Gasteiger partial charge is 0.469 e. The lowest BCUT2D eigenvalue weighted by Gasteiger charge is -2.05. The first-order valence-corrected chi connectivity index (χ1v) is 26.3. The maximum absolute atomic E-state index is 10.8. The van der Waals surface area contributed by atoms with E-state index in [1.165, 1.54) is 68.5 Å². The number of aryl methyl sites for hydroxylation is 3. The van der Waals surface area contributed by atoms with Gasteiger partial charge in [-0.1, -0.05) is 138 Å². The molecule has 14 heteroatoms. The van der Waals surface area contributed by atoms with Crippen LogP contribution in [0.15, 0.2) is 83.9 Å². The Labute approximate surface area is 444 Å². The second-order valence-corrected chi connectivity index (χ2v) is 20.7. The Balaban J connectivity index is -0.0000000737. The van der Waals surface area contributed by atoms with Gasteiger partial charge in [-0.05, 0) is 122 Å². The van der Waals surface area contributed by atoms with Crippen molar-refractivity contribution in [2.24, 2.45) is 10.4 Å². The normalized spacial score (nSPS) is 8.60. The highest BCUT2D eigenvalue weighted by Crippen LogP contribution is 2.08. The Morgan fingerprint density at radius 3 is 0.986 bits per heavy atom. The van der Waals surface area contributed by atoms with Crippen molar-refractivity contribution >= 4 is 50.5 Å². The number of rotatable bonds is 4. The SMILES string of the molecule is CC(=O)N(C)C.CC(=O)c1ccc(C)cc1.CC(C)(C)C.CC(C)=O.CCC.CCC(C)=O.CCNc1ccc(C)cc1.CN(C)C.CN=C(C)C.CNC.COC(C)=O.CS(C)(=O)=O.Cc1ccccc1. The molecule has 0 saturated heterocycles. The van der Waals surface area contributed by atoms with Crippen molar-refractivity contribution in [2.75, 3.05) is 87.9 Å². The molecule has 0 aliphatic rings. The summed E-state index contributed by atoms with van der Waals surface area (Å²) in [5.41, 5.74) is 7.43. The molecule has 0 heterocycles. The van der Waals surface area contributed by atoms with Crippen LogP contribution in [0.5, 0.6) is 0 Å². The number of nitrogens with one attached hydrogen (secondary N) is 2. The van der Waals surface area contributed by atoms with Gasteiger partial charge in [0.15, 0.2) is 5.78 Å². The lowest BCUT2D eigenvalue weighted by Crippen LogP contribution is -2.17. The highest BCUT2D eigenvalue weighted by atomic mass is 32.2. The number of ether oxygens (including phenoxy) is 1. The van der Waals surface area contributed by atoms with E-state index in [4.69, 9.17) is 0 Å². The molecule has 72 heavy (non-hydrogen) atoms. The van der Waals surface area contributed by atoms with Crippen molar-refractivity contribution in [1.82, 2.24) is 15.1 Å². The summed E-state index contributed by atoms with van der Waals surface area (Å²) >= 11 is 0. The van der Waals surface area contributed by atoms with Crippen LogP contribution in [-0.2, 0) is 33.8 Å². The van der Waals surface area contributed by atoms with Crippen molar-refractivity contribution in [3.05, 3.63) is 101 Å². The fourth-order valence-corrected chi connectivity index (χ4v) is 2.20. The van der Waals surface area contributed by atoms with Crippen molar-refractivity contribution in [1.29, 1.82) is 0 Å². The highest BCUT2D eigenvalue weighted by Gasteiger charge is 1.96. The molecule has 0 spiro atoms. The van der Waals surface area contributed by atoms with Gasteiger partial charge < -0.3 is 34.8 Å². The molecule has 3 rings (SSSR count). The third-order valence-corrected chi connectivity index (χ3v) is 5.69. The van der Waals surface area contributed by atoms with Crippen molar-refractivity contribution < 1.29 is 37.1 Å². The second-order valence-electron chi connectivity index (χ2n) is 18.4. The number of aliphatic imine (C=N–C) groups is 1. The summed E-state index contributed by atoms with van der Waals surface area (Å²) in [7, 11) is 13.7. The molecule has 3 aromatic carbocycles. The van der Waals surface area contributed by atoms with E-state index in [0.717, 1.165) is 30.3 Å². The molecule has 3 aromatic rings. The van der Waals surface area contributed by atoms with Crippen LogP contribution in [0, 0.1) is 26.2 Å². The maximum Gasteiger partial charge on any atom is 0.302 e. The van der Waals surface area contributed by atoms with E-state index in [9.17, 15) is 32.4 Å². The number of benzene rings is 3. The second kappa shape index (κ2) is 64.0. The summed E-state index contributed by atoms with van der Waals surface area (Å²) < 4.78 is 23.4. The van der Waals surface area contributed by atoms with Gasteiger partial charge in [0.05, 0.1) is 7.11 Å². The van der Waals surface area contributed by atoms with E-state index >= 15 is 0 Å². The monoisotopic (exact) mass is 1040 g/mol. The molecule has 0 aromatic heterocycles. The molecule has 0 aliphatic carbocycles. The van der Waals surface area contributed by atoms with Crippen LogP contribution in [0.2, 0.25) is 0 Å². The van der Waals surface area contributed by atoms with Gasteiger partial charge in [-0.3, -0.25) is 19.4 Å². The quantitative estimate of drug-likeness (QED) is 0.145. The van der Waals surface area contributed by atoms with E-state index in [1.807, 2.05) is 110 Å². The number of hydrogen-bond acceptors (Lipinski definition) is 12. The number of nitrogens with zero attached hydrogens (tertiary/aromatic N) is 3. The molecule has 0 radical (unpaired) electrons. The van der Waals surface area contributed by atoms with Gasteiger partial charge >= 0.3 is 5.97 Å². The Morgan fingerprint density at radius 1 is 0.625 bits per heavy atom. The fraction of sp³-hybridized carbons (Fsp3) is 0.586. The van der Waals surface area contributed by atoms with Gasteiger partial charge in [0.1, 0.15) is 21.4 Å². The predicted molar refractivity (Wildman–Crippen MR) is 318 cm³/mol. The van der Waals surface area contributed by atoms with E-state index in [1.54, 1.807) is 35.0 Å². The standard InChI is InChI=1S/C9H13N.C9H10O.C7H8.C5H12.C4H9NO.C4H9N.C4H8O.C3H9N.C3H6O2.C3H6O.C3H8.C2H7N.C2H6O2S/c1-3-10-9-6-4-8(2)5-7-9;1-7-3-5-9(6-4-7)8(2)10;1-7-5-3-2-4-6-7;1-5(2,3)4;1-4(6)5(2)3;1-4(2)5-3;1-3-4(2)5;1-4(2)3;1-3(4)5-2;1-3(2)4;2*1-3-2;1-5(2,3)4/h4-7,10H,3H2,1-2H3;3-6H,1-2H3;2-6H,1H3;1-4H3;1-3H3;1-3H3;3H2,1-2H3;1-3H3;1-2H3;1-2H3;3H2,1-2H3;3H,1-2H3;1-2H3. The molecule has 13 nitrogen and oxygen atoms in total. The first kappa shape index (κ1) is 89.8. The molecule has 0 bridgehead atoms. The van der Waals surface area contributed by atoms with Gasteiger partial charge in [0.25, 0.3) is 0 Å². The Hall–Kier alpha value is -5.05. The molecule has 1 amide bonds. The van der Waals surface area contributed by atoms with Gasteiger partial charge in [-0.2, -0.15) is 0 Å². The van der Waals surface area contributed by atoms with Crippen molar-refractivity contribution in [3.63, 3.8) is 0 Å². The summed E-state index contributed by atoms with van der Waals surface area (Å²) in [6, 6.07) is 26.2. The first-order chi connectivity index (χ1) is 32.7. The van der Waals surface area contributed by atoms with Gasteiger partial charge in [-0.25, -0.2) is 8.42 Å². The topological polar surface area (TPSA) is 172 Å². The van der Waals surface area contributed by atoms with Crippen LogP contribution in [-0.4, -0.2) is 136 Å². The summed E-state index contributed by atoms with van der Waals surface area (Å²) in [6.45, 7) is 37.2. The number of carbonyl (C=O) groups is 5. The number of carbonyl (C=O) groups excluding carboxylic acids is 5. The van der Waals surface area contributed by atoms with E-state index in [2.05, 4.69) is 119 Å². The zero-order valence-electron chi connectivity index (χ0n) is 51.6. The van der Waals surface area contributed by atoms with Crippen molar-refractivity contribution in [2.45, 2.75) is 144 Å². The fourth-order valence-electron chi connectivity index (χ4n) is 2.20. The molecular formula is C58H111N5O8S. The van der Waals surface area contributed by atoms with Crippen LogP contribution in [0.4, 0.5) is 5.69 Å². The zero-order chi connectivity index (χ0) is 59.6. The first-order valence-electron chi connectivity index (χ1n) is 24.0. The molecule has 2 N–H and O–H groups in total. The lowest BCUT2D eigenvalue weighted by molar-refractivity contribution is -0.138. The number of esters is 1. The number of anilines is 1. The Bertz CT molecular complexity index is 1750. The van der Waals surface area contributed by atoms with E-state index in [-0.39, 0.29) is 29.2 Å². The van der Waals surface area contributed by atoms with Gasteiger partial charge in [0, 0.05) is 77.4 Å². The minimum atomic E-state index is -2.67. The van der Waals surface area contributed by atoms with Crippen LogP contribution in [0.25, 0.3) is 0 Å². The number of ketones is 3. The Morgan fingerprint density at radius 2 is 0.847 bits per heavy atom. The third-order valence-electron chi connectivity index (χ3n) is 5.69. The molecular weight excluding hydrogens is 927 g/mol. The van der Waals surface area contributed by atoms with Crippen LogP contribution >= 0.6 is 0 Å². The maximum atomic E-state index is 10.8. The molecule has 0 saturated carbocycles. The number of methoxy groups -OCH3 is 1. The lowest BCUT2D eigenvalue weighted by atomic mass is 10.0. The predicted octanol–water partition coefficient (Wildman–Crippen LogP) is 12.7. The highest BCUT2D eigenvalue weighted by molar-refractivity contribution is 7.89. The van der Waals surface area contributed by atoms with Gasteiger partial charge in [0.2, 0.25) is 5.91 Å². The minimum absolute atomic E-state index is 0.0926. The summed E-state index contributed by atoms with van der Waals surface area (Å²) in [5, 5.41) is 5.98. The summed E-state index contributed by atoms with van der Waals surface area (Å²) in [6.07, 6.45) is 4.24. The Kier molecular flexibility index (Phi) is 79.8. The van der Waals surface area contributed by atoms with Gasteiger partial charge in [-0.15, -0.1) is 0 Å². The van der Waals surface area contributed by atoms with Crippen molar-refractivity contribution in [3.8, 4) is 0 Å². The molecule has 0 fully saturated rings. The molecule has 422 valence electrons. The molecule has 0 unspecified atom stereocenters. The number of amides is 1. The zero-order valence-corrected chi connectivity index (χ0v) is 52.5. The minimum Gasteiger partial charge on any atom is -0.469 e. The van der Waals surface area contributed by atoms with Crippen LogP contribution in [0.1, 0.15) is 151 Å². The molecule has 0 atom stereocenters. The summed E-state index contributed by atoms with van der Waals surface area (Å²) in [5.74, 6) is 0.394. The van der Waals surface area contributed by atoms with E-state index in [0.29, 0.717) is 11.8 Å². The number of hydrogen-bond donors (Lipinski definition) is 2. The number of sulfone groups is 1. The third kappa shape index (κ3) is 166. The number of Topliss-reactive ketones (excluding diaryl/α,β-unsaturated/α-hetero) is 3. The van der Waals surface area contributed by atoms with E-state index < -0.39 is 9.84 Å². The average Bonchev–Trinajstić information content (AvgIpc) is 3.22.